The number of hydrogen-bond acceptors (Lipinski definition) is 4. The molecule has 0 unspecified atom stereocenters. The Labute approximate surface area is 117 Å². The Morgan fingerprint density at radius 1 is 1.40 bits per heavy atom. The number of pyridine rings is 1. The van der Waals surface area contributed by atoms with Crippen LogP contribution < -0.4 is 10.5 Å². The van der Waals surface area contributed by atoms with Crippen molar-refractivity contribution in [2.24, 2.45) is 0 Å². The van der Waals surface area contributed by atoms with E-state index in [9.17, 15) is 0 Å². The van der Waals surface area contributed by atoms with E-state index in [0.717, 1.165) is 18.5 Å². The molecule has 0 fully saturated rings. The third-order valence-electron chi connectivity index (χ3n) is 3.36. The molecule has 1 aliphatic rings. The SMILES string of the molecule is CN1C=CC(CCOc2nn3ccccc3c2N)=CC1. The summed E-state index contributed by atoms with van der Waals surface area (Å²) < 4.78 is 7.44. The summed E-state index contributed by atoms with van der Waals surface area (Å²) in [7, 11) is 2.05. The van der Waals surface area contributed by atoms with Gasteiger partial charge in [-0.05, 0) is 30.0 Å². The van der Waals surface area contributed by atoms with Crippen LogP contribution in [-0.2, 0) is 0 Å². The lowest BCUT2D eigenvalue weighted by atomic mass is 10.1. The van der Waals surface area contributed by atoms with Crippen molar-refractivity contribution in [3.05, 3.63) is 48.3 Å². The van der Waals surface area contributed by atoms with Crippen LogP contribution in [0.25, 0.3) is 5.52 Å². The predicted molar refractivity (Wildman–Crippen MR) is 79.6 cm³/mol. The molecule has 0 radical (unpaired) electrons. The number of nitrogen functional groups attached to an aromatic ring is 1. The Balaban J connectivity index is 1.63. The van der Waals surface area contributed by atoms with Crippen LogP contribution in [0.3, 0.4) is 0 Å². The number of fused-ring (bicyclic) bond motifs is 1. The molecule has 3 heterocycles. The lowest BCUT2D eigenvalue weighted by Crippen LogP contribution is -2.14. The van der Waals surface area contributed by atoms with Crippen molar-refractivity contribution in [3.63, 3.8) is 0 Å². The topological polar surface area (TPSA) is 55.8 Å². The van der Waals surface area contributed by atoms with Crippen LogP contribution in [0.1, 0.15) is 6.42 Å². The van der Waals surface area contributed by atoms with Crippen molar-refractivity contribution in [1.82, 2.24) is 14.5 Å². The summed E-state index contributed by atoms with van der Waals surface area (Å²) in [6, 6.07) is 5.78. The summed E-state index contributed by atoms with van der Waals surface area (Å²) in [5.74, 6) is 0.508. The average molecular weight is 270 g/mol. The summed E-state index contributed by atoms with van der Waals surface area (Å²) in [5.41, 5.74) is 8.79. The molecule has 2 aromatic heterocycles. The first-order valence-electron chi connectivity index (χ1n) is 6.67. The van der Waals surface area contributed by atoms with Gasteiger partial charge in [0, 0.05) is 26.2 Å². The zero-order chi connectivity index (χ0) is 13.9. The monoisotopic (exact) mass is 270 g/mol. The minimum atomic E-state index is 0.508. The molecule has 5 nitrogen and oxygen atoms in total. The van der Waals surface area contributed by atoms with Crippen molar-refractivity contribution >= 4 is 11.2 Å². The molecule has 1 aliphatic heterocycles. The van der Waals surface area contributed by atoms with Gasteiger partial charge in [0.2, 0.25) is 0 Å². The zero-order valence-electron chi connectivity index (χ0n) is 11.5. The maximum atomic E-state index is 6.03. The summed E-state index contributed by atoms with van der Waals surface area (Å²) in [6.07, 6.45) is 9.11. The number of rotatable bonds is 4. The van der Waals surface area contributed by atoms with Gasteiger partial charge >= 0.3 is 0 Å². The van der Waals surface area contributed by atoms with Crippen molar-refractivity contribution < 1.29 is 4.74 Å². The minimum absolute atomic E-state index is 0.508. The lowest BCUT2D eigenvalue weighted by Gasteiger charge is -2.16. The van der Waals surface area contributed by atoms with Gasteiger partial charge in [0.1, 0.15) is 5.69 Å². The van der Waals surface area contributed by atoms with Crippen LogP contribution in [0.15, 0.2) is 48.3 Å². The van der Waals surface area contributed by atoms with Gasteiger partial charge in [-0.25, -0.2) is 4.52 Å². The van der Waals surface area contributed by atoms with E-state index in [0.29, 0.717) is 18.2 Å². The second-order valence-electron chi connectivity index (χ2n) is 4.88. The molecule has 0 saturated heterocycles. The smallest absolute Gasteiger partial charge is 0.257 e. The molecule has 0 atom stereocenters. The van der Waals surface area contributed by atoms with E-state index in [2.05, 4.69) is 35.4 Å². The minimum Gasteiger partial charge on any atom is -0.475 e. The molecule has 3 rings (SSSR count). The zero-order valence-corrected chi connectivity index (χ0v) is 11.5. The largest absolute Gasteiger partial charge is 0.475 e. The van der Waals surface area contributed by atoms with Gasteiger partial charge in [-0.1, -0.05) is 12.1 Å². The first-order valence-corrected chi connectivity index (χ1v) is 6.67. The van der Waals surface area contributed by atoms with Gasteiger partial charge in [0.25, 0.3) is 5.88 Å². The van der Waals surface area contributed by atoms with Gasteiger partial charge in [-0.3, -0.25) is 0 Å². The molecule has 2 aromatic rings. The summed E-state index contributed by atoms with van der Waals surface area (Å²) >= 11 is 0. The molecule has 0 spiro atoms. The Bertz CT molecular complexity index is 672. The van der Waals surface area contributed by atoms with E-state index in [-0.39, 0.29) is 0 Å². The molecule has 2 N–H and O–H groups in total. The van der Waals surface area contributed by atoms with Gasteiger partial charge in [0.05, 0.1) is 12.1 Å². The van der Waals surface area contributed by atoms with Crippen molar-refractivity contribution in [3.8, 4) is 5.88 Å². The van der Waals surface area contributed by atoms with Gasteiger partial charge < -0.3 is 15.4 Å². The number of likely N-dealkylation sites (N-methyl/N-ethyl adjacent to an activating group) is 1. The van der Waals surface area contributed by atoms with Crippen LogP contribution in [0, 0.1) is 0 Å². The van der Waals surface area contributed by atoms with E-state index in [1.165, 1.54) is 5.57 Å². The van der Waals surface area contributed by atoms with Crippen LogP contribution >= 0.6 is 0 Å². The van der Waals surface area contributed by atoms with E-state index in [1.54, 1.807) is 4.52 Å². The maximum absolute atomic E-state index is 6.03. The Morgan fingerprint density at radius 3 is 3.05 bits per heavy atom. The number of anilines is 1. The quantitative estimate of drug-likeness (QED) is 0.924. The van der Waals surface area contributed by atoms with E-state index in [1.807, 2.05) is 24.4 Å². The van der Waals surface area contributed by atoms with Crippen LogP contribution in [0.5, 0.6) is 5.88 Å². The molecular formula is C15H18N4O. The first-order chi connectivity index (χ1) is 9.74. The van der Waals surface area contributed by atoms with Gasteiger partial charge in [-0.2, -0.15) is 0 Å². The fourth-order valence-electron chi connectivity index (χ4n) is 2.17. The average Bonchev–Trinajstić information content (AvgIpc) is 2.78. The number of allylic oxidation sites excluding steroid dienone is 1. The molecular weight excluding hydrogens is 252 g/mol. The Hall–Kier alpha value is -2.43. The molecule has 0 aromatic carbocycles. The number of nitrogens with zero attached hydrogens (tertiary/aromatic N) is 3. The van der Waals surface area contributed by atoms with Gasteiger partial charge in [-0.15, -0.1) is 5.10 Å². The molecule has 20 heavy (non-hydrogen) atoms. The summed E-state index contributed by atoms with van der Waals surface area (Å²) in [6.45, 7) is 1.52. The van der Waals surface area contributed by atoms with E-state index < -0.39 is 0 Å². The summed E-state index contributed by atoms with van der Waals surface area (Å²) in [5, 5.41) is 4.33. The highest BCUT2D eigenvalue weighted by molar-refractivity contribution is 5.74. The first kappa shape index (κ1) is 12.6. The highest BCUT2D eigenvalue weighted by atomic mass is 16.5. The van der Waals surface area contributed by atoms with Crippen LogP contribution in [0.2, 0.25) is 0 Å². The third-order valence-corrected chi connectivity index (χ3v) is 3.36. The summed E-state index contributed by atoms with van der Waals surface area (Å²) in [4.78, 5) is 2.13. The standard InChI is InChI=1S/C15H18N4O/c1-18-9-5-12(6-10-18)7-11-20-15-14(16)13-4-2-3-8-19(13)17-15/h2-6,8-9H,7,10-11,16H2,1H3. The number of ether oxygens (including phenoxy) is 1. The third kappa shape index (κ3) is 2.47. The van der Waals surface area contributed by atoms with Gasteiger partial charge in [0.15, 0.2) is 0 Å². The highest BCUT2D eigenvalue weighted by Gasteiger charge is 2.10. The molecule has 5 heteroatoms. The predicted octanol–water partition coefficient (Wildman–Crippen LogP) is 2.07. The van der Waals surface area contributed by atoms with Crippen molar-refractivity contribution in [1.29, 1.82) is 0 Å². The Kier molecular flexibility index (Phi) is 3.33. The number of nitrogens with two attached hydrogens (primary N) is 1. The van der Waals surface area contributed by atoms with Crippen LogP contribution in [0.4, 0.5) is 5.69 Å². The highest BCUT2D eigenvalue weighted by Crippen LogP contribution is 2.25. The number of hydrogen-bond donors (Lipinski definition) is 1. The lowest BCUT2D eigenvalue weighted by molar-refractivity contribution is 0.309. The molecule has 0 saturated carbocycles. The second-order valence-corrected chi connectivity index (χ2v) is 4.88. The second kappa shape index (κ2) is 5.28. The van der Waals surface area contributed by atoms with E-state index >= 15 is 0 Å². The van der Waals surface area contributed by atoms with Crippen LogP contribution in [-0.4, -0.2) is 34.7 Å². The molecule has 104 valence electrons. The molecule has 0 aliphatic carbocycles. The normalized spacial score (nSPS) is 14.7. The Morgan fingerprint density at radius 2 is 2.30 bits per heavy atom. The fraction of sp³-hybridized carbons (Fsp3) is 0.267. The van der Waals surface area contributed by atoms with Crippen molar-refractivity contribution in [2.75, 3.05) is 25.9 Å². The van der Waals surface area contributed by atoms with E-state index in [4.69, 9.17) is 10.5 Å². The molecule has 0 bridgehead atoms. The molecule has 0 amide bonds. The maximum Gasteiger partial charge on any atom is 0.257 e. The fourth-order valence-corrected chi connectivity index (χ4v) is 2.17. The van der Waals surface area contributed by atoms with Crippen molar-refractivity contribution in [2.45, 2.75) is 6.42 Å². The number of aromatic nitrogens is 2.